The lowest BCUT2D eigenvalue weighted by Crippen LogP contribution is -2.01. The summed E-state index contributed by atoms with van der Waals surface area (Å²) in [5.74, 6) is 1.74. The molecule has 242 valence electrons. The van der Waals surface area contributed by atoms with Gasteiger partial charge in [-0.2, -0.15) is 0 Å². The first-order chi connectivity index (χ1) is 25.8. The van der Waals surface area contributed by atoms with Crippen molar-refractivity contribution in [3.8, 4) is 45.3 Å². The van der Waals surface area contributed by atoms with E-state index in [4.69, 9.17) is 23.8 Å². The molecule has 5 nitrogen and oxygen atoms in total. The Labute approximate surface area is 297 Å². The Kier molecular flexibility index (Phi) is 6.18. The van der Waals surface area contributed by atoms with Gasteiger partial charge in [-0.15, -0.1) is 0 Å². The molecule has 52 heavy (non-hydrogen) atoms. The van der Waals surface area contributed by atoms with Gasteiger partial charge in [-0.25, -0.2) is 15.0 Å². The molecule has 8 aromatic carbocycles. The zero-order valence-electron chi connectivity index (χ0n) is 27.7. The molecule has 0 atom stereocenters. The highest BCUT2D eigenvalue weighted by atomic mass is 16.3. The maximum atomic E-state index is 6.29. The molecule has 0 aliphatic rings. The van der Waals surface area contributed by atoms with Gasteiger partial charge in [0.1, 0.15) is 22.3 Å². The molecule has 0 amide bonds. The maximum Gasteiger partial charge on any atom is 0.164 e. The van der Waals surface area contributed by atoms with Crippen LogP contribution in [-0.4, -0.2) is 15.0 Å². The lowest BCUT2D eigenvalue weighted by molar-refractivity contribution is 0.668. The summed E-state index contributed by atoms with van der Waals surface area (Å²) in [5, 5.41) is 8.67. The summed E-state index contributed by atoms with van der Waals surface area (Å²) in [5.41, 5.74) is 8.26. The number of hydrogen-bond acceptors (Lipinski definition) is 5. The third kappa shape index (κ3) is 4.39. The number of aromatic nitrogens is 3. The van der Waals surface area contributed by atoms with Crippen LogP contribution < -0.4 is 0 Å². The SMILES string of the molecule is c1ccc(-c2cc3ccccc3c3cc(-c4nc(-c5cccc6oc7ccccc7c56)nc(-c5cccc6oc7ccccc7c56)n4)ccc23)cc1. The number of hydrogen-bond donors (Lipinski definition) is 0. The van der Waals surface area contributed by atoms with E-state index in [1.165, 1.54) is 27.3 Å². The molecule has 0 aliphatic carbocycles. The molecular weight excluding hydrogens is 639 g/mol. The summed E-state index contributed by atoms with van der Waals surface area (Å²) in [6.45, 7) is 0. The first-order valence-corrected chi connectivity index (χ1v) is 17.4. The summed E-state index contributed by atoms with van der Waals surface area (Å²) in [4.78, 5) is 15.7. The number of para-hydroxylation sites is 2. The summed E-state index contributed by atoms with van der Waals surface area (Å²) < 4.78 is 12.6. The summed E-state index contributed by atoms with van der Waals surface area (Å²) >= 11 is 0. The predicted octanol–water partition coefficient (Wildman–Crippen LogP) is 12.6. The lowest BCUT2D eigenvalue weighted by atomic mass is 9.92. The van der Waals surface area contributed by atoms with Gasteiger partial charge in [0.2, 0.25) is 0 Å². The van der Waals surface area contributed by atoms with Crippen LogP contribution in [0.2, 0.25) is 0 Å². The molecule has 0 unspecified atom stereocenters. The highest BCUT2D eigenvalue weighted by Gasteiger charge is 2.21. The van der Waals surface area contributed by atoms with Crippen molar-refractivity contribution in [3.63, 3.8) is 0 Å². The van der Waals surface area contributed by atoms with E-state index in [1.54, 1.807) is 0 Å². The predicted molar refractivity (Wildman–Crippen MR) is 211 cm³/mol. The molecule has 0 bridgehead atoms. The van der Waals surface area contributed by atoms with Crippen molar-refractivity contribution < 1.29 is 8.83 Å². The van der Waals surface area contributed by atoms with Crippen molar-refractivity contribution in [1.82, 2.24) is 15.0 Å². The Morgan fingerprint density at radius 1 is 0.308 bits per heavy atom. The average Bonchev–Trinajstić information content (AvgIpc) is 3.79. The topological polar surface area (TPSA) is 65.0 Å². The van der Waals surface area contributed by atoms with Gasteiger partial charge in [0.25, 0.3) is 0 Å². The van der Waals surface area contributed by atoms with E-state index >= 15 is 0 Å². The number of nitrogens with zero attached hydrogens (tertiary/aromatic N) is 3. The van der Waals surface area contributed by atoms with Crippen LogP contribution >= 0.6 is 0 Å². The zero-order chi connectivity index (χ0) is 34.2. The first-order valence-electron chi connectivity index (χ1n) is 17.4. The Bertz CT molecular complexity index is 3060. The van der Waals surface area contributed by atoms with Gasteiger partial charge < -0.3 is 8.83 Å². The van der Waals surface area contributed by atoms with Crippen molar-refractivity contribution in [2.45, 2.75) is 0 Å². The zero-order valence-corrected chi connectivity index (χ0v) is 27.7. The molecule has 3 aromatic heterocycles. The maximum absolute atomic E-state index is 6.29. The summed E-state index contributed by atoms with van der Waals surface area (Å²) in [6.07, 6.45) is 0. The number of fused-ring (bicyclic) bond motifs is 9. The van der Waals surface area contributed by atoms with E-state index < -0.39 is 0 Å². The van der Waals surface area contributed by atoms with Gasteiger partial charge in [0, 0.05) is 38.2 Å². The minimum Gasteiger partial charge on any atom is -0.456 e. The average molecular weight is 666 g/mol. The minimum atomic E-state index is 0.574. The van der Waals surface area contributed by atoms with Crippen molar-refractivity contribution >= 4 is 65.4 Å². The quantitative estimate of drug-likeness (QED) is 0.175. The van der Waals surface area contributed by atoms with E-state index in [1.807, 2.05) is 60.7 Å². The molecule has 0 fully saturated rings. The molecule has 0 N–H and O–H groups in total. The van der Waals surface area contributed by atoms with E-state index in [2.05, 4.69) is 103 Å². The molecule has 0 radical (unpaired) electrons. The van der Waals surface area contributed by atoms with Crippen LogP contribution in [0.5, 0.6) is 0 Å². The van der Waals surface area contributed by atoms with Crippen LogP contribution in [0.3, 0.4) is 0 Å². The molecule has 5 heteroatoms. The van der Waals surface area contributed by atoms with Gasteiger partial charge in [0.05, 0.1) is 0 Å². The largest absolute Gasteiger partial charge is 0.456 e. The highest BCUT2D eigenvalue weighted by Crippen LogP contribution is 2.41. The number of furan rings is 2. The molecule has 0 saturated heterocycles. The van der Waals surface area contributed by atoms with Gasteiger partial charge >= 0.3 is 0 Å². The number of benzene rings is 8. The third-order valence-corrected chi connectivity index (χ3v) is 10.1. The Balaban J connectivity index is 1.21. The molecule has 11 aromatic rings. The first kappa shape index (κ1) is 28.7. The molecule has 0 saturated carbocycles. The van der Waals surface area contributed by atoms with Crippen molar-refractivity contribution in [3.05, 3.63) is 164 Å². The lowest BCUT2D eigenvalue weighted by Gasteiger charge is -2.13. The second-order valence-corrected chi connectivity index (χ2v) is 13.1. The van der Waals surface area contributed by atoms with Crippen molar-refractivity contribution in [2.24, 2.45) is 0 Å². The standard InChI is InChI=1S/C47H27N3O2/c1-2-12-28(13-3-1)37-26-29-14-4-5-15-31(29)38-27-30(24-25-32(37)38)45-48-46(35-18-10-22-41-43(35)33-16-6-8-20-39(33)51-41)50-47(49-45)36-19-11-23-42-44(36)34-17-7-9-21-40(34)52-42/h1-27H. The Morgan fingerprint density at radius 3 is 1.50 bits per heavy atom. The molecule has 11 rings (SSSR count). The second kappa shape index (κ2) is 11.2. The van der Waals surface area contributed by atoms with Crippen LogP contribution in [0.25, 0.3) is 111 Å². The second-order valence-electron chi connectivity index (χ2n) is 13.1. The summed E-state index contributed by atoms with van der Waals surface area (Å²) in [7, 11) is 0. The smallest absolute Gasteiger partial charge is 0.164 e. The van der Waals surface area contributed by atoms with Crippen molar-refractivity contribution in [1.29, 1.82) is 0 Å². The monoisotopic (exact) mass is 665 g/mol. The molecule has 0 spiro atoms. The van der Waals surface area contributed by atoms with E-state index in [0.717, 1.165) is 66.0 Å². The van der Waals surface area contributed by atoms with Crippen LogP contribution in [0.4, 0.5) is 0 Å². The Morgan fingerprint density at radius 2 is 0.846 bits per heavy atom. The van der Waals surface area contributed by atoms with Crippen LogP contribution in [-0.2, 0) is 0 Å². The summed E-state index contributed by atoms with van der Waals surface area (Å²) in [6, 6.07) is 56.4. The van der Waals surface area contributed by atoms with E-state index in [-0.39, 0.29) is 0 Å². The third-order valence-electron chi connectivity index (χ3n) is 10.1. The Hall–Kier alpha value is -7.11. The minimum absolute atomic E-state index is 0.574. The van der Waals surface area contributed by atoms with Crippen LogP contribution in [0, 0.1) is 0 Å². The molecule has 3 heterocycles. The van der Waals surface area contributed by atoms with Gasteiger partial charge in [-0.05, 0) is 69.1 Å². The fourth-order valence-electron chi connectivity index (χ4n) is 7.77. The number of rotatable bonds is 4. The van der Waals surface area contributed by atoms with Crippen LogP contribution in [0.15, 0.2) is 173 Å². The fraction of sp³-hybridized carbons (Fsp3) is 0. The van der Waals surface area contributed by atoms with Gasteiger partial charge in [0.15, 0.2) is 17.5 Å². The van der Waals surface area contributed by atoms with Gasteiger partial charge in [-0.1, -0.05) is 127 Å². The fourth-order valence-corrected chi connectivity index (χ4v) is 7.77. The van der Waals surface area contributed by atoms with Crippen LogP contribution in [0.1, 0.15) is 0 Å². The van der Waals surface area contributed by atoms with E-state index in [9.17, 15) is 0 Å². The van der Waals surface area contributed by atoms with Crippen molar-refractivity contribution in [2.75, 3.05) is 0 Å². The van der Waals surface area contributed by atoms with Gasteiger partial charge in [-0.3, -0.25) is 0 Å². The molecular formula is C47H27N3O2. The normalized spacial score (nSPS) is 11.8. The highest BCUT2D eigenvalue weighted by molar-refractivity contribution is 6.16. The molecule has 0 aliphatic heterocycles. The van der Waals surface area contributed by atoms with E-state index in [0.29, 0.717) is 17.5 Å².